The van der Waals surface area contributed by atoms with E-state index in [1.165, 1.54) is 0 Å². The molecule has 0 radical (unpaired) electrons. The minimum absolute atomic E-state index is 0.0608. The van der Waals surface area contributed by atoms with Crippen molar-refractivity contribution in [3.05, 3.63) is 29.8 Å². The van der Waals surface area contributed by atoms with Crippen molar-refractivity contribution in [3.63, 3.8) is 0 Å². The zero-order valence-electron chi connectivity index (χ0n) is 11.6. The molecule has 0 atom stereocenters. The lowest BCUT2D eigenvalue weighted by Gasteiger charge is -2.30. The number of sulfone groups is 1. The van der Waals surface area contributed by atoms with Crippen molar-refractivity contribution in [2.24, 2.45) is 4.99 Å². The Morgan fingerprint density at radius 1 is 1.19 bits per heavy atom. The third-order valence-electron chi connectivity index (χ3n) is 4.25. The maximum absolute atomic E-state index is 11.2. The molecule has 2 aliphatic rings. The van der Waals surface area contributed by atoms with Gasteiger partial charge in [0.15, 0.2) is 9.84 Å². The summed E-state index contributed by atoms with van der Waals surface area (Å²) in [5.41, 5.74) is 0.316. The normalized spacial score (nSPS) is 23.0. The molecule has 3 rings (SSSR count). The first-order chi connectivity index (χ1) is 10.0. The molecule has 21 heavy (non-hydrogen) atoms. The Morgan fingerprint density at radius 2 is 1.86 bits per heavy atom. The van der Waals surface area contributed by atoms with Gasteiger partial charge in [-0.3, -0.25) is 0 Å². The molecule has 5 nitrogen and oxygen atoms in total. The van der Waals surface area contributed by atoms with Gasteiger partial charge < -0.3 is 4.74 Å². The summed E-state index contributed by atoms with van der Waals surface area (Å²) in [5, 5.41) is 0. The van der Waals surface area contributed by atoms with Crippen LogP contribution in [0, 0.1) is 0 Å². The Hall–Kier alpha value is -1.65. The molecule has 1 heterocycles. The van der Waals surface area contributed by atoms with Crippen molar-refractivity contribution in [2.45, 2.75) is 37.3 Å². The number of aliphatic imine (C=N–C) groups is 1. The third-order valence-corrected chi connectivity index (χ3v) is 6.01. The Labute approximate surface area is 124 Å². The van der Waals surface area contributed by atoms with Gasteiger partial charge in [-0.05, 0) is 18.9 Å². The number of hydrogen-bond donors (Lipinski definition) is 0. The maximum Gasteiger partial charge on any atom is 0.235 e. The lowest BCUT2D eigenvalue weighted by atomic mass is 9.88. The Balaban J connectivity index is 1.90. The van der Waals surface area contributed by atoms with Gasteiger partial charge in [0, 0.05) is 5.56 Å². The van der Waals surface area contributed by atoms with Crippen LogP contribution in [0.4, 0.5) is 0 Å². The molecule has 2 fully saturated rings. The predicted molar refractivity (Wildman–Crippen MR) is 77.8 cm³/mol. The maximum atomic E-state index is 11.2. The van der Waals surface area contributed by atoms with Crippen LogP contribution in [0.15, 0.2) is 29.3 Å². The number of benzene rings is 1. The molecule has 0 aromatic heterocycles. The topological polar surface area (TPSA) is 72.8 Å². The smallest absolute Gasteiger partial charge is 0.235 e. The first-order valence-corrected chi connectivity index (χ1v) is 8.92. The minimum atomic E-state index is -2.92. The van der Waals surface area contributed by atoms with E-state index in [9.17, 15) is 13.2 Å². The van der Waals surface area contributed by atoms with Crippen molar-refractivity contribution in [2.75, 3.05) is 11.5 Å². The molecule has 0 N–H and O–H groups in total. The van der Waals surface area contributed by atoms with Crippen molar-refractivity contribution < 1.29 is 17.9 Å². The van der Waals surface area contributed by atoms with Crippen molar-refractivity contribution in [1.82, 2.24) is 0 Å². The van der Waals surface area contributed by atoms with Crippen LogP contribution in [0.25, 0.3) is 0 Å². The van der Waals surface area contributed by atoms with Crippen LogP contribution in [-0.4, -0.2) is 32.1 Å². The Kier molecular flexibility index (Phi) is 3.59. The van der Waals surface area contributed by atoms with Gasteiger partial charge in [0.2, 0.25) is 6.08 Å². The van der Waals surface area contributed by atoms with Gasteiger partial charge in [-0.25, -0.2) is 13.2 Å². The summed E-state index contributed by atoms with van der Waals surface area (Å²) in [4.78, 5) is 14.9. The Morgan fingerprint density at radius 3 is 2.48 bits per heavy atom. The molecular formula is C15H17NO4S. The van der Waals surface area contributed by atoms with Crippen LogP contribution in [0.1, 0.15) is 31.2 Å². The van der Waals surface area contributed by atoms with E-state index in [-0.39, 0.29) is 17.6 Å². The van der Waals surface area contributed by atoms with Crippen LogP contribution < -0.4 is 4.74 Å². The first-order valence-electron chi connectivity index (χ1n) is 7.10. The summed E-state index contributed by atoms with van der Waals surface area (Å²) in [7, 11) is -2.92. The van der Waals surface area contributed by atoms with E-state index in [1.54, 1.807) is 6.08 Å². The van der Waals surface area contributed by atoms with E-state index in [4.69, 9.17) is 4.74 Å². The van der Waals surface area contributed by atoms with Gasteiger partial charge in [0.25, 0.3) is 0 Å². The third kappa shape index (κ3) is 2.74. The second kappa shape index (κ2) is 5.28. The van der Waals surface area contributed by atoms with E-state index in [2.05, 4.69) is 4.99 Å². The molecule has 112 valence electrons. The predicted octanol–water partition coefficient (Wildman–Crippen LogP) is 1.97. The molecule has 1 aromatic carbocycles. The fraction of sp³-hybridized carbons (Fsp3) is 0.533. The second-order valence-corrected chi connectivity index (χ2v) is 7.91. The molecular weight excluding hydrogens is 290 g/mol. The zero-order valence-corrected chi connectivity index (χ0v) is 12.4. The highest BCUT2D eigenvalue weighted by Gasteiger charge is 2.40. The van der Waals surface area contributed by atoms with E-state index in [0.717, 1.165) is 31.2 Å². The average molecular weight is 307 g/mol. The summed E-state index contributed by atoms with van der Waals surface area (Å²) in [6.07, 6.45) is 5.01. The number of rotatable bonds is 4. The van der Waals surface area contributed by atoms with Gasteiger partial charge in [0.1, 0.15) is 17.4 Å². The molecule has 0 spiro atoms. The van der Waals surface area contributed by atoms with Crippen LogP contribution in [0.3, 0.4) is 0 Å². The first kappa shape index (κ1) is 14.3. The molecule has 1 saturated carbocycles. The monoisotopic (exact) mass is 307 g/mol. The van der Waals surface area contributed by atoms with Crippen LogP contribution >= 0.6 is 0 Å². The molecule has 0 bridgehead atoms. The number of ether oxygens (including phenoxy) is 1. The molecule has 1 aliphatic carbocycles. The zero-order chi connectivity index (χ0) is 14.9. The van der Waals surface area contributed by atoms with Gasteiger partial charge in [-0.2, -0.15) is 4.99 Å². The summed E-state index contributed by atoms with van der Waals surface area (Å²) in [6, 6.07) is 7.47. The van der Waals surface area contributed by atoms with Crippen molar-refractivity contribution >= 4 is 15.9 Å². The van der Waals surface area contributed by atoms with E-state index in [1.807, 2.05) is 24.3 Å². The Bertz CT molecular complexity index is 673. The van der Waals surface area contributed by atoms with Gasteiger partial charge >= 0.3 is 0 Å². The molecule has 0 unspecified atom stereocenters. The van der Waals surface area contributed by atoms with E-state index in [0.29, 0.717) is 5.75 Å². The number of carbonyl (C=O) groups excluding carboxylic acids is 1. The van der Waals surface area contributed by atoms with Crippen molar-refractivity contribution in [1.29, 1.82) is 0 Å². The van der Waals surface area contributed by atoms with Crippen LogP contribution in [0.5, 0.6) is 5.75 Å². The largest absolute Gasteiger partial charge is 0.488 e. The highest BCUT2D eigenvalue weighted by atomic mass is 32.2. The molecule has 6 heteroatoms. The number of para-hydroxylation sites is 1. The summed E-state index contributed by atoms with van der Waals surface area (Å²) < 4.78 is 28.3. The second-order valence-electron chi connectivity index (χ2n) is 5.75. The minimum Gasteiger partial charge on any atom is -0.488 e. The van der Waals surface area contributed by atoms with Gasteiger partial charge in [0.05, 0.1) is 11.5 Å². The summed E-state index contributed by atoms with van der Waals surface area (Å²) in [6.45, 7) is 0. The quantitative estimate of drug-likeness (QED) is 0.629. The lowest BCUT2D eigenvalue weighted by molar-refractivity contribution is 0.223. The van der Waals surface area contributed by atoms with Gasteiger partial charge in [-0.1, -0.05) is 31.0 Å². The fourth-order valence-corrected chi connectivity index (χ4v) is 4.38. The lowest BCUT2D eigenvalue weighted by Crippen LogP contribution is -2.45. The number of isocyanates is 1. The standard InChI is InChI=1S/C15H17NO4S/c17-11-16-15(7-3-4-8-15)13-5-1-2-6-14(13)20-12-9-21(18,19)10-12/h1-2,5-6,12H,3-4,7-10H2. The molecule has 1 aliphatic heterocycles. The SMILES string of the molecule is O=C=NC1(c2ccccc2OC2CS(=O)(=O)C2)CCCC1. The van der Waals surface area contributed by atoms with Gasteiger partial charge in [-0.15, -0.1) is 0 Å². The van der Waals surface area contributed by atoms with Crippen molar-refractivity contribution in [3.8, 4) is 5.75 Å². The molecule has 1 saturated heterocycles. The van der Waals surface area contributed by atoms with E-state index >= 15 is 0 Å². The highest BCUT2D eigenvalue weighted by Crippen LogP contribution is 2.45. The summed E-state index contributed by atoms with van der Waals surface area (Å²) >= 11 is 0. The summed E-state index contributed by atoms with van der Waals surface area (Å²) in [5.74, 6) is 0.759. The highest BCUT2D eigenvalue weighted by molar-refractivity contribution is 7.92. The molecule has 1 aromatic rings. The van der Waals surface area contributed by atoms with Crippen LogP contribution in [0.2, 0.25) is 0 Å². The van der Waals surface area contributed by atoms with Crippen LogP contribution in [-0.2, 0) is 20.2 Å². The van der Waals surface area contributed by atoms with E-state index < -0.39 is 15.4 Å². The number of hydrogen-bond acceptors (Lipinski definition) is 5. The molecule has 0 amide bonds. The number of nitrogens with zero attached hydrogens (tertiary/aromatic N) is 1. The fourth-order valence-electron chi connectivity index (χ4n) is 3.21. The average Bonchev–Trinajstić information content (AvgIpc) is 2.87.